The fourth-order valence-corrected chi connectivity index (χ4v) is 5.25. The molecule has 0 saturated heterocycles. The maximum atomic E-state index is 13.9. The smallest absolute Gasteiger partial charge is 0.422 e. The molecule has 242 valence electrons. The lowest BCUT2D eigenvalue weighted by Gasteiger charge is -2.25. The van der Waals surface area contributed by atoms with Gasteiger partial charge in [0.05, 0.1) is 17.0 Å². The van der Waals surface area contributed by atoms with E-state index in [1.807, 2.05) is 31.2 Å². The zero-order chi connectivity index (χ0) is 32.5. The Morgan fingerprint density at radius 3 is 2.11 bits per heavy atom. The van der Waals surface area contributed by atoms with E-state index in [0.717, 1.165) is 47.9 Å². The summed E-state index contributed by atoms with van der Waals surface area (Å²) in [7, 11) is -2.52. The number of benzene rings is 3. The van der Waals surface area contributed by atoms with Crippen molar-refractivity contribution in [2.24, 2.45) is 0 Å². The number of hydrogen-bond donors (Lipinski definition) is 3. The molecule has 0 saturated carbocycles. The van der Waals surface area contributed by atoms with E-state index in [0.29, 0.717) is 12.6 Å². The second-order valence-electron chi connectivity index (χ2n) is 9.76. The van der Waals surface area contributed by atoms with Gasteiger partial charge in [-0.05, 0) is 53.8 Å². The van der Waals surface area contributed by atoms with Crippen molar-refractivity contribution < 1.29 is 53.9 Å². The van der Waals surface area contributed by atoms with E-state index < -0.39 is 76.7 Å². The molecular weight excluding hydrogens is 624 g/mol. The quantitative estimate of drug-likeness (QED) is 0.181. The predicted molar refractivity (Wildman–Crippen MR) is 146 cm³/mol. The van der Waals surface area contributed by atoms with Gasteiger partial charge in [-0.15, -0.1) is 0 Å². The van der Waals surface area contributed by atoms with Gasteiger partial charge < -0.3 is 19.9 Å². The molecule has 44 heavy (non-hydrogen) atoms. The minimum Gasteiger partial charge on any atom is -0.484 e. The van der Waals surface area contributed by atoms with Crippen molar-refractivity contribution in [1.82, 2.24) is 10.0 Å². The highest BCUT2D eigenvalue weighted by Crippen LogP contribution is 2.30. The van der Waals surface area contributed by atoms with Crippen LogP contribution in [0.5, 0.6) is 11.5 Å². The van der Waals surface area contributed by atoms with Gasteiger partial charge in [-0.3, -0.25) is 0 Å². The van der Waals surface area contributed by atoms with Gasteiger partial charge >= 0.3 is 12.4 Å². The molecule has 0 fully saturated rings. The molecular formula is C29H30F8N2O4S. The monoisotopic (exact) mass is 654 g/mol. The molecule has 0 aliphatic carbocycles. The lowest BCUT2D eigenvalue weighted by molar-refractivity contribution is -0.154. The van der Waals surface area contributed by atoms with Crippen LogP contribution in [0, 0.1) is 11.6 Å². The average Bonchev–Trinajstić information content (AvgIpc) is 2.93. The predicted octanol–water partition coefficient (Wildman–Crippen LogP) is 5.78. The number of aliphatic hydroxyl groups is 1. The van der Waals surface area contributed by atoms with E-state index in [-0.39, 0.29) is 18.5 Å². The Hall–Kier alpha value is -3.27. The fourth-order valence-electron chi connectivity index (χ4n) is 4.07. The second kappa shape index (κ2) is 15.6. The van der Waals surface area contributed by atoms with Crippen LogP contribution in [0.1, 0.15) is 23.6 Å². The molecule has 0 amide bonds. The van der Waals surface area contributed by atoms with Gasteiger partial charge in [-0.1, -0.05) is 31.2 Å². The molecule has 0 spiro atoms. The number of nitrogens with one attached hydrogen (secondary N) is 2. The molecule has 0 radical (unpaired) electrons. The Labute approximate surface area is 251 Å². The summed E-state index contributed by atoms with van der Waals surface area (Å²) >= 11 is 0. The number of halogens is 8. The van der Waals surface area contributed by atoms with Gasteiger partial charge in [0.2, 0.25) is 0 Å². The van der Waals surface area contributed by atoms with Crippen molar-refractivity contribution in [3.05, 3.63) is 89.0 Å². The SMILES string of the molecule is CCc1cccc(CNC[C@@H](O)[C@H](Cc2cc(F)cc(F)c2)NS(=O)c2cc(OCC(F)(F)F)ccc2OCC(F)(F)F)c1. The molecule has 3 atom stereocenters. The number of aryl methyl sites for hydroxylation is 1. The van der Waals surface area contributed by atoms with Crippen molar-refractivity contribution in [3.8, 4) is 11.5 Å². The van der Waals surface area contributed by atoms with Crippen molar-refractivity contribution in [2.75, 3.05) is 19.8 Å². The van der Waals surface area contributed by atoms with Crippen LogP contribution in [0.4, 0.5) is 35.1 Å². The first-order chi connectivity index (χ1) is 20.6. The molecule has 1 unspecified atom stereocenters. The van der Waals surface area contributed by atoms with Crippen LogP contribution in [0.3, 0.4) is 0 Å². The van der Waals surface area contributed by atoms with Crippen LogP contribution in [0.15, 0.2) is 65.6 Å². The van der Waals surface area contributed by atoms with E-state index >= 15 is 0 Å². The number of ether oxygens (including phenoxy) is 2. The maximum absolute atomic E-state index is 13.9. The number of aliphatic hydroxyl groups excluding tert-OH is 1. The lowest BCUT2D eigenvalue weighted by atomic mass is 10.0. The summed E-state index contributed by atoms with van der Waals surface area (Å²) < 4.78 is 130. The maximum Gasteiger partial charge on any atom is 0.422 e. The highest BCUT2D eigenvalue weighted by molar-refractivity contribution is 7.83. The number of rotatable bonds is 15. The van der Waals surface area contributed by atoms with E-state index in [2.05, 4.69) is 14.8 Å². The second-order valence-corrected chi connectivity index (χ2v) is 11.0. The molecule has 0 aliphatic heterocycles. The molecule has 3 aromatic carbocycles. The number of hydrogen-bond acceptors (Lipinski definition) is 5. The Kier molecular flexibility index (Phi) is 12.5. The molecule has 0 aliphatic rings. The van der Waals surface area contributed by atoms with Gasteiger partial charge in [0.15, 0.2) is 13.2 Å². The zero-order valence-corrected chi connectivity index (χ0v) is 24.1. The van der Waals surface area contributed by atoms with Crippen LogP contribution in [0.25, 0.3) is 0 Å². The molecule has 0 aromatic heterocycles. The molecule has 6 nitrogen and oxygen atoms in total. The summed E-state index contributed by atoms with van der Waals surface area (Å²) in [4.78, 5) is -0.513. The molecule has 3 rings (SSSR count). The zero-order valence-electron chi connectivity index (χ0n) is 23.3. The van der Waals surface area contributed by atoms with Crippen LogP contribution >= 0.6 is 0 Å². The normalized spacial score (nSPS) is 14.2. The third kappa shape index (κ3) is 12.0. The van der Waals surface area contributed by atoms with Crippen molar-refractivity contribution in [1.29, 1.82) is 0 Å². The Balaban J connectivity index is 1.85. The molecule has 15 heteroatoms. The van der Waals surface area contributed by atoms with E-state index in [1.54, 1.807) is 0 Å². The average molecular weight is 655 g/mol. The summed E-state index contributed by atoms with van der Waals surface area (Å²) in [6.07, 6.45) is -10.4. The van der Waals surface area contributed by atoms with Crippen molar-refractivity contribution >= 4 is 11.0 Å². The molecule has 0 bridgehead atoms. The third-order valence-corrected chi connectivity index (χ3v) is 7.33. The van der Waals surface area contributed by atoms with Crippen LogP contribution < -0.4 is 19.5 Å². The van der Waals surface area contributed by atoms with E-state index in [9.17, 15) is 44.4 Å². The van der Waals surface area contributed by atoms with Crippen LogP contribution in [0.2, 0.25) is 0 Å². The van der Waals surface area contributed by atoms with E-state index in [1.165, 1.54) is 0 Å². The summed E-state index contributed by atoms with van der Waals surface area (Å²) in [5, 5.41) is 14.0. The molecule has 0 heterocycles. The highest BCUT2D eigenvalue weighted by Gasteiger charge is 2.31. The topological polar surface area (TPSA) is 79.8 Å². The Morgan fingerprint density at radius 1 is 0.841 bits per heavy atom. The molecule has 3 aromatic rings. The van der Waals surface area contributed by atoms with Gasteiger partial charge in [0, 0.05) is 25.2 Å². The van der Waals surface area contributed by atoms with Crippen LogP contribution in [-0.4, -0.2) is 53.6 Å². The standard InChI is InChI=1S/C29H30F8N2O4S/c1-2-18-4-3-5-19(8-18)14-38-15-25(40)24(11-20-9-21(30)12-22(31)10-20)39-44(41)27-13-23(42-16-28(32,33)34)6-7-26(27)43-17-29(35,36)37/h3-10,12-13,24-25,38-40H,2,11,14-17H2,1H3/t24-,25+,44?/m0/s1. The fraction of sp³-hybridized carbons (Fsp3) is 0.379. The summed E-state index contributed by atoms with van der Waals surface area (Å²) in [5.41, 5.74) is 2.04. The third-order valence-electron chi connectivity index (χ3n) is 6.09. The Morgan fingerprint density at radius 2 is 1.48 bits per heavy atom. The number of alkyl halides is 6. The van der Waals surface area contributed by atoms with Gasteiger partial charge in [0.1, 0.15) is 34.1 Å². The highest BCUT2D eigenvalue weighted by atomic mass is 32.2. The van der Waals surface area contributed by atoms with Gasteiger partial charge in [-0.25, -0.2) is 17.7 Å². The minimum absolute atomic E-state index is 0.0579. The van der Waals surface area contributed by atoms with Crippen molar-refractivity contribution in [2.45, 2.75) is 55.7 Å². The largest absolute Gasteiger partial charge is 0.484 e. The van der Waals surface area contributed by atoms with Gasteiger partial charge in [0.25, 0.3) is 0 Å². The first-order valence-electron chi connectivity index (χ1n) is 13.2. The van der Waals surface area contributed by atoms with E-state index in [4.69, 9.17) is 4.74 Å². The lowest BCUT2D eigenvalue weighted by Crippen LogP contribution is -2.47. The van der Waals surface area contributed by atoms with Crippen LogP contribution in [-0.2, 0) is 30.4 Å². The summed E-state index contributed by atoms with van der Waals surface area (Å²) in [6.45, 7) is -1.33. The minimum atomic E-state index is -4.79. The summed E-state index contributed by atoms with van der Waals surface area (Å²) in [6, 6.07) is 11.6. The first-order valence-corrected chi connectivity index (χ1v) is 14.4. The van der Waals surface area contributed by atoms with Crippen molar-refractivity contribution in [3.63, 3.8) is 0 Å². The Bertz CT molecular complexity index is 1380. The first kappa shape index (κ1) is 35.2. The van der Waals surface area contributed by atoms with Gasteiger partial charge in [-0.2, -0.15) is 26.3 Å². The summed E-state index contributed by atoms with van der Waals surface area (Å²) in [5.74, 6) is -2.88. The molecule has 3 N–H and O–H groups in total.